The molecule has 1 aromatic carbocycles. The van der Waals surface area contributed by atoms with Gasteiger partial charge in [0, 0.05) is 37.3 Å². The van der Waals surface area contributed by atoms with Gasteiger partial charge in [0.25, 0.3) is 5.69 Å². The fourth-order valence-electron chi connectivity index (χ4n) is 3.26. The summed E-state index contributed by atoms with van der Waals surface area (Å²) in [5.41, 5.74) is 1.23. The van der Waals surface area contributed by atoms with E-state index in [1.54, 1.807) is 18.2 Å². The molecule has 1 saturated heterocycles. The van der Waals surface area contributed by atoms with Crippen molar-refractivity contribution < 1.29 is 4.92 Å². The lowest BCUT2D eigenvalue weighted by Crippen LogP contribution is -2.43. The molecule has 5 nitrogen and oxygen atoms in total. The lowest BCUT2D eigenvalue weighted by atomic mass is 10.00. The number of rotatable bonds is 6. The third kappa shape index (κ3) is 3.84. The number of benzene rings is 1. The van der Waals surface area contributed by atoms with Crippen molar-refractivity contribution in [2.75, 3.05) is 19.6 Å². The number of nitro groups is 1. The molecule has 22 heavy (non-hydrogen) atoms. The molecule has 2 fully saturated rings. The lowest BCUT2D eigenvalue weighted by molar-refractivity contribution is -0.385. The molecular formula is C17H25N3O2. The van der Waals surface area contributed by atoms with Gasteiger partial charge in [-0.2, -0.15) is 0 Å². The van der Waals surface area contributed by atoms with Crippen molar-refractivity contribution in [2.45, 2.75) is 44.7 Å². The van der Waals surface area contributed by atoms with Crippen molar-refractivity contribution in [3.63, 3.8) is 0 Å². The number of nitrogens with zero attached hydrogens (tertiary/aromatic N) is 2. The molecule has 0 radical (unpaired) electrons. The summed E-state index contributed by atoms with van der Waals surface area (Å²) in [6.45, 7) is 5.46. The monoisotopic (exact) mass is 303 g/mol. The molecule has 1 heterocycles. The molecule has 1 saturated carbocycles. The normalized spacial score (nSPS) is 21.7. The summed E-state index contributed by atoms with van der Waals surface area (Å²) in [4.78, 5) is 13.0. The van der Waals surface area contributed by atoms with E-state index in [1.165, 1.54) is 32.2 Å². The van der Waals surface area contributed by atoms with Crippen LogP contribution in [0.1, 0.15) is 44.2 Å². The third-order valence-electron chi connectivity index (χ3n) is 5.03. The fourth-order valence-corrected chi connectivity index (χ4v) is 3.26. The first kappa shape index (κ1) is 15.4. The molecule has 0 aromatic heterocycles. The number of nitro benzene ring substituents is 1. The summed E-state index contributed by atoms with van der Waals surface area (Å²) in [7, 11) is 0. The Morgan fingerprint density at radius 1 is 1.32 bits per heavy atom. The summed E-state index contributed by atoms with van der Waals surface area (Å²) >= 11 is 0. The molecule has 1 aromatic rings. The minimum atomic E-state index is -0.315. The van der Waals surface area contributed by atoms with Gasteiger partial charge >= 0.3 is 0 Å². The second-order valence-electron chi connectivity index (χ2n) is 6.69. The van der Waals surface area contributed by atoms with Crippen LogP contribution in [0.25, 0.3) is 0 Å². The number of likely N-dealkylation sites (tertiary alicyclic amines) is 1. The summed E-state index contributed by atoms with van der Waals surface area (Å²) < 4.78 is 0. The maximum absolute atomic E-state index is 10.9. The SMILES string of the molecule is CC(c1cccc([N+](=O)[O-])c1)N1CCC(NCC2CC2)CC1. The Hall–Kier alpha value is -1.46. The van der Waals surface area contributed by atoms with E-state index in [9.17, 15) is 10.1 Å². The van der Waals surface area contributed by atoms with E-state index in [0.29, 0.717) is 6.04 Å². The standard InChI is InChI=1S/C17H25N3O2/c1-13(15-3-2-4-17(11-15)20(21)22)19-9-7-16(8-10-19)18-12-14-5-6-14/h2-4,11,13-14,16,18H,5-10,12H2,1H3. The maximum atomic E-state index is 10.9. The number of non-ortho nitro benzene ring substituents is 1. The van der Waals surface area contributed by atoms with Gasteiger partial charge in [0.1, 0.15) is 0 Å². The van der Waals surface area contributed by atoms with Gasteiger partial charge < -0.3 is 5.32 Å². The van der Waals surface area contributed by atoms with Gasteiger partial charge in [-0.05, 0) is 50.6 Å². The first-order chi connectivity index (χ1) is 10.6. The van der Waals surface area contributed by atoms with Crippen molar-refractivity contribution >= 4 is 5.69 Å². The molecular weight excluding hydrogens is 278 g/mol. The highest BCUT2D eigenvalue weighted by Gasteiger charge is 2.26. The third-order valence-corrected chi connectivity index (χ3v) is 5.03. The van der Waals surface area contributed by atoms with Crippen LogP contribution in [-0.4, -0.2) is 35.5 Å². The van der Waals surface area contributed by atoms with Crippen LogP contribution in [0.4, 0.5) is 5.69 Å². The van der Waals surface area contributed by atoms with Gasteiger partial charge in [-0.1, -0.05) is 12.1 Å². The molecule has 120 valence electrons. The van der Waals surface area contributed by atoms with E-state index in [-0.39, 0.29) is 16.7 Å². The molecule has 1 atom stereocenters. The van der Waals surface area contributed by atoms with E-state index in [1.807, 2.05) is 6.07 Å². The molecule has 0 bridgehead atoms. The smallest absolute Gasteiger partial charge is 0.269 e. The van der Waals surface area contributed by atoms with Gasteiger partial charge in [0.15, 0.2) is 0 Å². The number of piperidine rings is 1. The van der Waals surface area contributed by atoms with Crippen LogP contribution in [0.2, 0.25) is 0 Å². The van der Waals surface area contributed by atoms with Crippen LogP contribution in [0, 0.1) is 16.0 Å². The molecule has 2 aliphatic rings. The molecule has 3 rings (SSSR count). The van der Waals surface area contributed by atoms with E-state index in [4.69, 9.17) is 0 Å². The van der Waals surface area contributed by atoms with Gasteiger partial charge in [-0.3, -0.25) is 15.0 Å². The Labute approximate surface area is 131 Å². The first-order valence-corrected chi connectivity index (χ1v) is 8.35. The topological polar surface area (TPSA) is 58.4 Å². The zero-order valence-electron chi connectivity index (χ0n) is 13.2. The van der Waals surface area contributed by atoms with Crippen LogP contribution < -0.4 is 5.32 Å². The minimum Gasteiger partial charge on any atom is -0.314 e. The zero-order valence-corrected chi connectivity index (χ0v) is 13.2. The van der Waals surface area contributed by atoms with E-state index in [0.717, 1.165) is 24.6 Å². The van der Waals surface area contributed by atoms with Crippen LogP contribution in [-0.2, 0) is 0 Å². The number of hydrogen-bond acceptors (Lipinski definition) is 4. The summed E-state index contributed by atoms with van der Waals surface area (Å²) in [5.74, 6) is 0.932. The second kappa shape index (κ2) is 6.75. The van der Waals surface area contributed by atoms with Crippen LogP contribution in [0.5, 0.6) is 0 Å². The minimum absolute atomic E-state index is 0.185. The highest BCUT2D eigenvalue weighted by molar-refractivity contribution is 5.35. The van der Waals surface area contributed by atoms with Crippen LogP contribution >= 0.6 is 0 Å². The molecule has 5 heteroatoms. The Bertz CT molecular complexity index is 522. The largest absolute Gasteiger partial charge is 0.314 e. The molecule has 1 unspecified atom stereocenters. The zero-order chi connectivity index (χ0) is 15.5. The fraction of sp³-hybridized carbons (Fsp3) is 0.647. The number of nitrogens with one attached hydrogen (secondary N) is 1. The van der Waals surface area contributed by atoms with E-state index >= 15 is 0 Å². The molecule has 1 aliphatic carbocycles. The van der Waals surface area contributed by atoms with Crippen LogP contribution in [0.15, 0.2) is 24.3 Å². The quantitative estimate of drug-likeness (QED) is 0.648. The highest BCUT2D eigenvalue weighted by Crippen LogP contribution is 2.29. The van der Waals surface area contributed by atoms with Crippen molar-refractivity contribution in [3.8, 4) is 0 Å². The van der Waals surface area contributed by atoms with E-state index < -0.39 is 0 Å². The molecule has 1 aliphatic heterocycles. The second-order valence-corrected chi connectivity index (χ2v) is 6.69. The van der Waals surface area contributed by atoms with Crippen molar-refractivity contribution in [1.29, 1.82) is 0 Å². The van der Waals surface area contributed by atoms with Crippen molar-refractivity contribution in [2.24, 2.45) is 5.92 Å². The Morgan fingerprint density at radius 3 is 2.68 bits per heavy atom. The van der Waals surface area contributed by atoms with Crippen molar-refractivity contribution in [1.82, 2.24) is 10.2 Å². The maximum Gasteiger partial charge on any atom is 0.269 e. The number of hydrogen-bond donors (Lipinski definition) is 1. The van der Waals surface area contributed by atoms with Crippen LogP contribution in [0.3, 0.4) is 0 Å². The Morgan fingerprint density at radius 2 is 2.05 bits per heavy atom. The van der Waals surface area contributed by atoms with Gasteiger partial charge in [-0.15, -0.1) is 0 Å². The predicted molar refractivity (Wildman–Crippen MR) is 86.8 cm³/mol. The predicted octanol–water partition coefficient (Wildman–Crippen LogP) is 3.12. The lowest BCUT2D eigenvalue weighted by Gasteiger charge is -2.36. The summed E-state index contributed by atoms with van der Waals surface area (Å²) in [6.07, 6.45) is 5.14. The van der Waals surface area contributed by atoms with Gasteiger partial charge in [0.05, 0.1) is 4.92 Å². The molecule has 1 N–H and O–H groups in total. The van der Waals surface area contributed by atoms with Gasteiger partial charge in [-0.25, -0.2) is 0 Å². The highest BCUT2D eigenvalue weighted by atomic mass is 16.6. The van der Waals surface area contributed by atoms with Gasteiger partial charge in [0.2, 0.25) is 0 Å². The summed E-state index contributed by atoms with van der Waals surface area (Å²) in [6, 6.07) is 7.94. The molecule has 0 amide bonds. The Balaban J connectivity index is 1.53. The average Bonchev–Trinajstić information content (AvgIpc) is 3.37. The summed E-state index contributed by atoms with van der Waals surface area (Å²) in [5, 5.41) is 14.6. The van der Waals surface area contributed by atoms with Crippen molar-refractivity contribution in [3.05, 3.63) is 39.9 Å². The first-order valence-electron chi connectivity index (χ1n) is 8.35. The Kier molecular flexibility index (Phi) is 4.74. The average molecular weight is 303 g/mol. The van der Waals surface area contributed by atoms with E-state index in [2.05, 4.69) is 17.1 Å². The molecule has 0 spiro atoms.